The summed E-state index contributed by atoms with van der Waals surface area (Å²) in [5, 5.41) is 0. The van der Waals surface area contributed by atoms with Gasteiger partial charge in [0.2, 0.25) is 0 Å². The molecular weight excluding hydrogens is 240 g/mol. The molecule has 0 fully saturated rings. The molecule has 18 heavy (non-hydrogen) atoms. The van der Waals surface area contributed by atoms with Crippen LogP contribution >= 0.6 is 0 Å². The molecule has 0 saturated carbocycles. The van der Waals surface area contributed by atoms with Crippen LogP contribution in [0.4, 0.5) is 8.78 Å². The minimum atomic E-state index is -0.665. The number of aromatic amines is 1. The first kappa shape index (κ1) is 12.4. The number of hydrogen-bond acceptors (Lipinski definition) is 3. The molecule has 1 heterocycles. The normalized spacial score (nSPS) is 10.6. The summed E-state index contributed by atoms with van der Waals surface area (Å²) < 4.78 is 26.0. The van der Waals surface area contributed by atoms with Crippen molar-refractivity contribution in [2.45, 2.75) is 13.0 Å². The van der Waals surface area contributed by atoms with E-state index < -0.39 is 11.6 Å². The van der Waals surface area contributed by atoms with Crippen molar-refractivity contribution in [3.63, 3.8) is 0 Å². The lowest BCUT2D eigenvalue weighted by Gasteiger charge is -2.03. The molecule has 0 bridgehead atoms. The Labute approximate surface area is 101 Å². The number of benzene rings is 1. The Balaban J connectivity index is 2.33. The van der Waals surface area contributed by atoms with Crippen molar-refractivity contribution in [2.24, 2.45) is 5.73 Å². The first-order valence-corrected chi connectivity index (χ1v) is 5.31. The second-order valence-electron chi connectivity index (χ2n) is 3.84. The van der Waals surface area contributed by atoms with Gasteiger partial charge in [0.15, 0.2) is 0 Å². The average Bonchev–Trinajstić information content (AvgIpc) is 2.26. The van der Waals surface area contributed by atoms with Crippen LogP contribution < -0.4 is 11.3 Å². The van der Waals surface area contributed by atoms with Crippen molar-refractivity contribution in [3.8, 4) is 0 Å². The number of nitrogens with one attached hydrogen (secondary N) is 1. The summed E-state index contributed by atoms with van der Waals surface area (Å²) >= 11 is 0. The van der Waals surface area contributed by atoms with Crippen LogP contribution in [-0.4, -0.2) is 9.97 Å². The molecule has 0 unspecified atom stereocenters. The number of rotatable bonds is 3. The number of aromatic nitrogens is 2. The minimum Gasteiger partial charge on any atom is -0.325 e. The lowest BCUT2D eigenvalue weighted by molar-refractivity contribution is 0.580. The third kappa shape index (κ3) is 2.98. The van der Waals surface area contributed by atoms with Gasteiger partial charge in [-0.05, 0) is 17.7 Å². The van der Waals surface area contributed by atoms with E-state index >= 15 is 0 Å². The monoisotopic (exact) mass is 251 g/mol. The van der Waals surface area contributed by atoms with E-state index in [2.05, 4.69) is 9.97 Å². The third-order valence-corrected chi connectivity index (χ3v) is 2.35. The molecule has 6 heteroatoms. The molecule has 0 amide bonds. The molecule has 1 aromatic heterocycles. The summed E-state index contributed by atoms with van der Waals surface area (Å²) in [4.78, 5) is 17.9. The Kier molecular flexibility index (Phi) is 3.47. The molecule has 0 spiro atoms. The van der Waals surface area contributed by atoms with Crippen molar-refractivity contribution >= 4 is 0 Å². The largest absolute Gasteiger partial charge is 0.325 e. The van der Waals surface area contributed by atoms with Gasteiger partial charge in [-0.25, -0.2) is 13.8 Å². The van der Waals surface area contributed by atoms with Crippen LogP contribution in [0.1, 0.15) is 17.1 Å². The Morgan fingerprint density at radius 3 is 2.44 bits per heavy atom. The van der Waals surface area contributed by atoms with Gasteiger partial charge in [0.05, 0.1) is 5.69 Å². The van der Waals surface area contributed by atoms with E-state index in [1.54, 1.807) is 0 Å². The smallest absolute Gasteiger partial charge is 0.251 e. The maximum atomic E-state index is 13.0. The number of halogens is 2. The molecule has 2 rings (SSSR count). The van der Waals surface area contributed by atoms with E-state index in [4.69, 9.17) is 5.73 Å². The summed E-state index contributed by atoms with van der Waals surface area (Å²) in [5.74, 6) is -1.00. The first-order chi connectivity index (χ1) is 8.56. The van der Waals surface area contributed by atoms with Crippen LogP contribution in [0.15, 0.2) is 29.1 Å². The fraction of sp³-hybridized carbons (Fsp3) is 0.167. The summed E-state index contributed by atoms with van der Waals surface area (Å²) in [5.41, 5.74) is 5.89. The highest BCUT2D eigenvalue weighted by Crippen LogP contribution is 2.10. The molecule has 4 nitrogen and oxygen atoms in total. The molecule has 0 atom stereocenters. The lowest BCUT2D eigenvalue weighted by atomic mass is 10.1. The van der Waals surface area contributed by atoms with Gasteiger partial charge in [-0.3, -0.25) is 4.79 Å². The van der Waals surface area contributed by atoms with Crippen LogP contribution in [0, 0.1) is 11.6 Å². The second-order valence-corrected chi connectivity index (χ2v) is 3.84. The van der Waals surface area contributed by atoms with Gasteiger partial charge in [0, 0.05) is 25.1 Å². The predicted molar refractivity (Wildman–Crippen MR) is 61.9 cm³/mol. The molecule has 3 N–H and O–H groups in total. The highest BCUT2D eigenvalue weighted by Gasteiger charge is 2.05. The number of nitrogens with two attached hydrogens (primary N) is 1. The lowest BCUT2D eigenvalue weighted by Crippen LogP contribution is -2.15. The first-order valence-electron chi connectivity index (χ1n) is 5.31. The van der Waals surface area contributed by atoms with E-state index in [0.29, 0.717) is 17.1 Å². The minimum absolute atomic E-state index is 0.133. The van der Waals surface area contributed by atoms with Crippen LogP contribution in [0.25, 0.3) is 0 Å². The van der Waals surface area contributed by atoms with Crippen molar-refractivity contribution in [1.82, 2.24) is 9.97 Å². The Hall–Kier alpha value is -2.08. The fourth-order valence-corrected chi connectivity index (χ4v) is 1.66. The van der Waals surface area contributed by atoms with Crippen molar-refractivity contribution in [1.29, 1.82) is 0 Å². The van der Waals surface area contributed by atoms with E-state index in [-0.39, 0.29) is 18.5 Å². The maximum Gasteiger partial charge on any atom is 0.251 e. The number of H-pyrrole nitrogens is 1. The number of nitrogens with zero attached hydrogens (tertiary/aromatic N) is 1. The van der Waals surface area contributed by atoms with Crippen molar-refractivity contribution < 1.29 is 8.78 Å². The van der Waals surface area contributed by atoms with Gasteiger partial charge in [-0.2, -0.15) is 0 Å². The zero-order valence-corrected chi connectivity index (χ0v) is 9.41. The Morgan fingerprint density at radius 1 is 1.17 bits per heavy atom. The zero-order valence-electron chi connectivity index (χ0n) is 9.41. The highest BCUT2D eigenvalue weighted by atomic mass is 19.1. The molecule has 0 aliphatic rings. The fourth-order valence-electron chi connectivity index (χ4n) is 1.66. The Morgan fingerprint density at radius 2 is 1.83 bits per heavy atom. The quantitative estimate of drug-likeness (QED) is 0.858. The van der Waals surface area contributed by atoms with E-state index in [0.717, 1.165) is 6.07 Å². The van der Waals surface area contributed by atoms with E-state index in [1.165, 1.54) is 18.2 Å². The molecule has 0 aliphatic carbocycles. The van der Waals surface area contributed by atoms with E-state index in [1.807, 2.05) is 0 Å². The average molecular weight is 251 g/mol. The molecular formula is C12H11F2N3O. The number of hydrogen-bond donors (Lipinski definition) is 2. The molecule has 0 radical (unpaired) electrons. The van der Waals surface area contributed by atoms with Crippen LogP contribution in [0.3, 0.4) is 0 Å². The molecule has 94 valence electrons. The highest BCUT2D eigenvalue weighted by molar-refractivity contribution is 5.21. The van der Waals surface area contributed by atoms with Gasteiger partial charge in [-0.1, -0.05) is 0 Å². The summed E-state index contributed by atoms with van der Waals surface area (Å²) in [7, 11) is 0. The Bertz CT molecular complexity index is 605. The van der Waals surface area contributed by atoms with Crippen LogP contribution in [-0.2, 0) is 13.0 Å². The van der Waals surface area contributed by atoms with Crippen molar-refractivity contribution in [3.05, 3.63) is 63.3 Å². The van der Waals surface area contributed by atoms with E-state index in [9.17, 15) is 13.6 Å². The second kappa shape index (κ2) is 5.05. The molecule has 0 aliphatic heterocycles. The summed E-state index contributed by atoms with van der Waals surface area (Å²) in [6.45, 7) is 0.133. The van der Waals surface area contributed by atoms with Crippen molar-refractivity contribution in [2.75, 3.05) is 0 Å². The maximum absolute atomic E-state index is 13.0. The zero-order chi connectivity index (χ0) is 13.1. The van der Waals surface area contributed by atoms with Crippen LogP contribution in [0.5, 0.6) is 0 Å². The molecule has 2 aromatic rings. The standard InChI is InChI=1S/C12H11F2N3O/c13-8-1-7(2-9(14)4-8)3-11-16-10(6-15)5-12(18)17-11/h1-2,4-5H,3,6,15H2,(H,16,17,18). The van der Waals surface area contributed by atoms with Crippen LogP contribution in [0.2, 0.25) is 0 Å². The van der Waals surface area contributed by atoms with Gasteiger partial charge in [0.25, 0.3) is 5.56 Å². The van der Waals surface area contributed by atoms with Gasteiger partial charge in [-0.15, -0.1) is 0 Å². The summed E-state index contributed by atoms with van der Waals surface area (Å²) in [6, 6.07) is 4.46. The SMILES string of the molecule is NCc1cc(=O)[nH]c(Cc2cc(F)cc(F)c2)n1. The van der Waals surface area contributed by atoms with Gasteiger partial charge < -0.3 is 10.7 Å². The molecule has 0 saturated heterocycles. The third-order valence-electron chi connectivity index (χ3n) is 2.35. The molecule has 1 aromatic carbocycles. The topological polar surface area (TPSA) is 71.8 Å². The predicted octanol–water partition coefficient (Wildman–Crippen LogP) is 1.10. The summed E-state index contributed by atoms with van der Waals surface area (Å²) in [6.07, 6.45) is 0.137. The van der Waals surface area contributed by atoms with Gasteiger partial charge in [0.1, 0.15) is 17.5 Å². The van der Waals surface area contributed by atoms with Gasteiger partial charge >= 0.3 is 0 Å².